The van der Waals surface area contributed by atoms with Gasteiger partial charge in [0.2, 0.25) is 0 Å². The van der Waals surface area contributed by atoms with Gasteiger partial charge >= 0.3 is 0 Å². The van der Waals surface area contributed by atoms with Crippen LogP contribution in [0.1, 0.15) is 39.5 Å². The van der Waals surface area contributed by atoms with Gasteiger partial charge in [0, 0.05) is 11.6 Å². The lowest BCUT2D eigenvalue weighted by atomic mass is 10.0. The third-order valence-electron chi connectivity index (χ3n) is 3.75. The number of likely N-dealkylation sites (tertiary alicyclic amines) is 1. The number of rotatable bonds is 1. The van der Waals surface area contributed by atoms with Crippen LogP contribution in [0.5, 0.6) is 0 Å². The van der Waals surface area contributed by atoms with Crippen molar-refractivity contribution in [3.8, 4) is 0 Å². The van der Waals surface area contributed by atoms with Gasteiger partial charge in [-0.05, 0) is 38.6 Å². The molecule has 0 aromatic carbocycles. The number of hydrogen-bond acceptors (Lipinski definition) is 1. The largest absolute Gasteiger partial charge is 0.297 e. The molecule has 1 nitrogen and oxygen atoms in total. The molecule has 1 aliphatic carbocycles. The summed E-state index contributed by atoms with van der Waals surface area (Å²) in [7, 11) is 2.32. The maximum absolute atomic E-state index is 2.65. The maximum Gasteiger partial charge on any atom is 0.0211 e. The fraction of sp³-hybridized carbons (Fsp3) is 1.00. The highest BCUT2D eigenvalue weighted by atomic mass is 15.3. The van der Waals surface area contributed by atoms with E-state index in [9.17, 15) is 0 Å². The molecule has 1 atom stereocenters. The van der Waals surface area contributed by atoms with E-state index in [2.05, 4.69) is 25.8 Å². The lowest BCUT2D eigenvalue weighted by Crippen LogP contribution is -2.36. The molecule has 2 rings (SSSR count). The summed E-state index contributed by atoms with van der Waals surface area (Å²) in [5.41, 5.74) is 0.689. The summed E-state index contributed by atoms with van der Waals surface area (Å²) in [6, 6.07) is 0.873. The van der Waals surface area contributed by atoms with E-state index in [0.29, 0.717) is 5.54 Å². The van der Waals surface area contributed by atoms with E-state index in [1.54, 1.807) is 0 Å². The van der Waals surface area contributed by atoms with E-state index in [1.807, 2.05) is 0 Å². The van der Waals surface area contributed by atoms with Crippen LogP contribution in [0.25, 0.3) is 0 Å². The van der Waals surface area contributed by atoms with Gasteiger partial charge in [-0.3, -0.25) is 4.90 Å². The van der Waals surface area contributed by atoms with Gasteiger partial charge in [-0.25, -0.2) is 0 Å². The minimum absolute atomic E-state index is 0.689. The first kappa shape index (κ1) is 7.60. The fourth-order valence-corrected chi connectivity index (χ4v) is 2.67. The average molecular weight is 153 g/mol. The number of hydrogen-bond donors (Lipinski definition) is 0. The van der Waals surface area contributed by atoms with Crippen LogP contribution in [-0.4, -0.2) is 23.5 Å². The molecule has 0 aromatic rings. The molecule has 0 radical (unpaired) electrons. The Hall–Kier alpha value is -0.0400. The third-order valence-corrected chi connectivity index (χ3v) is 3.75. The van der Waals surface area contributed by atoms with Crippen molar-refractivity contribution in [2.24, 2.45) is 5.92 Å². The molecule has 1 spiro atoms. The van der Waals surface area contributed by atoms with E-state index >= 15 is 0 Å². The van der Waals surface area contributed by atoms with Gasteiger partial charge < -0.3 is 0 Å². The molecule has 1 heterocycles. The summed E-state index contributed by atoms with van der Waals surface area (Å²) < 4.78 is 0. The van der Waals surface area contributed by atoms with Gasteiger partial charge in [0.05, 0.1) is 0 Å². The molecule has 64 valence electrons. The van der Waals surface area contributed by atoms with Crippen molar-refractivity contribution in [3.05, 3.63) is 0 Å². The van der Waals surface area contributed by atoms with Crippen molar-refractivity contribution in [1.29, 1.82) is 0 Å². The van der Waals surface area contributed by atoms with Crippen LogP contribution in [0, 0.1) is 5.92 Å². The van der Waals surface area contributed by atoms with E-state index in [-0.39, 0.29) is 0 Å². The minimum Gasteiger partial charge on any atom is -0.297 e. The predicted octanol–water partition coefficient (Wildman–Crippen LogP) is 2.27. The standard InChI is InChI=1S/C10H19N/c1-8(2)9-4-5-10(6-7-10)11(9)3/h8-9H,4-7H2,1-3H3/t9-/m0/s1. The smallest absolute Gasteiger partial charge is 0.0211 e. The molecule has 0 bridgehead atoms. The van der Waals surface area contributed by atoms with Crippen LogP contribution in [0.2, 0.25) is 0 Å². The van der Waals surface area contributed by atoms with Crippen molar-refractivity contribution in [3.63, 3.8) is 0 Å². The third kappa shape index (κ3) is 1.01. The van der Waals surface area contributed by atoms with Crippen molar-refractivity contribution < 1.29 is 0 Å². The van der Waals surface area contributed by atoms with Crippen LogP contribution >= 0.6 is 0 Å². The van der Waals surface area contributed by atoms with Gasteiger partial charge in [0.15, 0.2) is 0 Å². The highest BCUT2D eigenvalue weighted by Gasteiger charge is 2.52. The SMILES string of the molecule is CC(C)[C@@H]1CCC2(CC2)N1C. The van der Waals surface area contributed by atoms with E-state index in [4.69, 9.17) is 0 Å². The maximum atomic E-state index is 2.65. The van der Waals surface area contributed by atoms with Crippen LogP contribution < -0.4 is 0 Å². The first-order valence-corrected chi connectivity index (χ1v) is 4.89. The van der Waals surface area contributed by atoms with E-state index < -0.39 is 0 Å². The van der Waals surface area contributed by atoms with Crippen LogP contribution in [-0.2, 0) is 0 Å². The van der Waals surface area contributed by atoms with Gasteiger partial charge in [-0.15, -0.1) is 0 Å². The summed E-state index contributed by atoms with van der Waals surface area (Å²) in [4.78, 5) is 2.65. The highest BCUT2D eigenvalue weighted by molar-refractivity contribution is 5.09. The molecular weight excluding hydrogens is 134 g/mol. The molecule has 0 aromatic heterocycles. The van der Waals surface area contributed by atoms with Crippen LogP contribution in [0.3, 0.4) is 0 Å². The van der Waals surface area contributed by atoms with Gasteiger partial charge in [0.25, 0.3) is 0 Å². The molecule has 1 saturated carbocycles. The number of nitrogens with zero attached hydrogens (tertiary/aromatic N) is 1. The van der Waals surface area contributed by atoms with Crippen LogP contribution in [0.4, 0.5) is 0 Å². The molecule has 0 unspecified atom stereocenters. The zero-order chi connectivity index (χ0) is 8.06. The van der Waals surface area contributed by atoms with Gasteiger partial charge in [-0.1, -0.05) is 13.8 Å². The first-order chi connectivity index (χ1) is 5.16. The Morgan fingerprint density at radius 1 is 1.27 bits per heavy atom. The quantitative estimate of drug-likeness (QED) is 0.558. The van der Waals surface area contributed by atoms with E-state index in [0.717, 1.165) is 12.0 Å². The Balaban J connectivity index is 2.06. The summed E-state index contributed by atoms with van der Waals surface area (Å²) in [6.45, 7) is 4.70. The second-order valence-corrected chi connectivity index (χ2v) is 4.69. The van der Waals surface area contributed by atoms with Gasteiger partial charge in [-0.2, -0.15) is 0 Å². The zero-order valence-electron chi connectivity index (χ0n) is 7.93. The molecule has 1 saturated heterocycles. The van der Waals surface area contributed by atoms with Crippen molar-refractivity contribution in [2.45, 2.75) is 51.1 Å². The molecule has 2 aliphatic rings. The summed E-state index contributed by atoms with van der Waals surface area (Å²) in [6.07, 6.45) is 5.83. The molecular formula is C10H19N. The molecule has 0 N–H and O–H groups in total. The lowest BCUT2D eigenvalue weighted by molar-refractivity contribution is 0.185. The summed E-state index contributed by atoms with van der Waals surface area (Å²) in [5, 5.41) is 0. The molecule has 1 heteroatoms. The second kappa shape index (κ2) is 2.22. The molecule has 1 aliphatic heterocycles. The molecule has 0 amide bonds. The Bertz CT molecular complexity index is 158. The Morgan fingerprint density at radius 2 is 1.91 bits per heavy atom. The van der Waals surface area contributed by atoms with Gasteiger partial charge in [0.1, 0.15) is 0 Å². The minimum atomic E-state index is 0.689. The summed E-state index contributed by atoms with van der Waals surface area (Å²) in [5.74, 6) is 0.847. The molecule has 2 fully saturated rings. The second-order valence-electron chi connectivity index (χ2n) is 4.69. The normalized spacial score (nSPS) is 35.5. The fourth-order valence-electron chi connectivity index (χ4n) is 2.67. The van der Waals surface area contributed by atoms with Crippen molar-refractivity contribution >= 4 is 0 Å². The Morgan fingerprint density at radius 3 is 2.18 bits per heavy atom. The lowest BCUT2D eigenvalue weighted by Gasteiger charge is -2.28. The predicted molar refractivity (Wildman–Crippen MR) is 47.6 cm³/mol. The van der Waals surface area contributed by atoms with Crippen molar-refractivity contribution in [1.82, 2.24) is 4.90 Å². The first-order valence-electron chi connectivity index (χ1n) is 4.89. The summed E-state index contributed by atoms with van der Waals surface area (Å²) >= 11 is 0. The molecule has 11 heavy (non-hydrogen) atoms. The van der Waals surface area contributed by atoms with E-state index in [1.165, 1.54) is 25.7 Å². The highest BCUT2D eigenvalue weighted by Crippen LogP contribution is 2.51. The topological polar surface area (TPSA) is 3.24 Å². The Kier molecular flexibility index (Phi) is 1.54. The zero-order valence-corrected chi connectivity index (χ0v) is 7.93. The Labute approximate surface area is 69.8 Å². The average Bonchev–Trinajstić information content (AvgIpc) is 2.61. The van der Waals surface area contributed by atoms with Crippen molar-refractivity contribution in [2.75, 3.05) is 7.05 Å². The monoisotopic (exact) mass is 153 g/mol. The van der Waals surface area contributed by atoms with Crippen LogP contribution in [0.15, 0.2) is 0 Å².